The van der Waals surface area contributed by atoms with Gasteiger partial charge in [0.05, 0.1) is 23.9 Å². The average molecular weight is 517 g/mol. The molecule has 0 atom stereocenters. The number of likely N-dealkylation sites (tertiary alicyclic amines) is 2. The first-order valence-corrected chi connectivity index (χ1v) is 12.8. The highest BCUT2D eigenvalue weighted by Crippen LogP contribution is 2.35. The zero-order valence-corrected chi connectivity index (χ0v) is 21.5. The van der Waals surface area contributed by atoms with Gasteiger partial charge in [0, 0.05) is 56.6 Å². The number of ether oxygens (including phenoxy) is 1. The summed E-state index contributed by atoms with van der Waals surface area (Å²) in [6.45, 7) is 8.70. The number of imidazole rings is 1. The van der Waals surface area contributed by atoms with Crippen molar-refractivity contribution < 1.29 is 13.9 Å². The summed E-state index contributed by atoms with van der Waals surface area (Å²) in [6.07, 6.45) is 6.84. The lowest BCUT2D eigenvalue weighted by Gasteiger charge is -2.40. The van der Waals surface area contributed by atoms with E-state index in [0.29, 0.717) is 63.2 Å². The number of piperidine rings is 2. The highest BCUT2D eigenvalue weighted by atomic mass is 35.5. The monoisotopic (exact) mass is 516 g/mol. The lowest BCUT2D eigenvalue weighted by molar-refractivity contribution is -0.148. The third-order valence-corrected chi connectivity index (χ3v) is 7.25. The number of carbonyl (C=O) groups excluding carboxylic acids is 1. The van der Waals surface area contributed by atoms with E-state index in [9.17, 15) is 4.79 Å². The number of benzene rings is 1. The SMILES string of the molecule is C=C/C=C(\C=N/N)CN1CCC(F)(C(=O)N2CCC(n3c(OCC)nc4cc(Cl)ccc43)CC2)CC1. The molecule has 0 radical (unpaired) electrons. The van der Waals surface area contributed by atoms with Gasteiger partial charge in [0.25, 0.3) is 11.9 Å². The number of hydrogen-bond donors (Lipinski definition) is 1. The molecule has 0 unspecified atom stereocenters. The van der Waals surface area contributed by atoms with E-state index >= 15 is 4.39 Å². The van der Waals surface area contributed by atoms with Gasteiger partial charge in [-0.15, -0.1) is 0 Å². The van der Waals surface area contributed by atoms with Crippen LogP contribution in [0, 0.1) is 0 Å². The first kappa shape index (κ1) is 26.2. The fraction of sp³-hybridized carbons (Fsp3) is 0.500. The third kappa shape index (κ3) is 5.57. The van der Waals surface area contributed by atoms with Crippen LogP contribution in [0.1, 0.15) is 38.6 Å². The molecule has 2 aromatic rings. The van der Waals surface area contributed by atoms with E-state index in [4.69, 9.17) is 22.2 Å². The summed E-state index contributed by atoms with van der Waals surface area (Å²) in [7, 11) is 0. The summed E-state index contributed by atoms with van der Waals surface area (Å²) in [6, 6.07) is 6.28. The maximum atomic E-state index is 15.8. The third-order valence-electron chi connectivity index (χ3n) is 7.02. The van der Waals surface area contributed by atoms with Crippen LogP contribution in [-0.4, -0.2) is 76.5 Å². The van der Waals surface area contributed by atoms with Crippen LogP contribution in [-0.2, 0) is 4.79 Å². The first-order valence-electron chi connectivity index (χ1n) is 12.4. The Hall–Kier alpha value is -2.91. The number of hydrogen-bond acceptors (Lipinski definition) is 6. The minimum Gasteiger partial charge on any atom is -0.465 e. The molecule has 2 N–H and O–H groups in total. The number of aromatic nitrogens is 2. The van der Waals surface area contributed by atoms with E-state index in [1.54, 1.807) is 17.2 Å². The maximum Gasteiger partial charge on any atom is 0.297 e. The number of allylic oxidation sites excluding steroid dienone is 2. The van der Waals surface area contributed by atoms with Gasteiger partial charge in [0.15, 0.2) is 5.67 Å². The summed E-state index contributed by atoms with van der Waals surface area (Å²) in [5, 5.41) is 4.20. The normalized spacial score (nSPS) is 19.8. The van der Waals surface area contributed by atoms with Crippen LogP contribution in [0.15, 0.2) is 47.6 Å². The van der Waals surface area contributed by atoms with Gasteiger partial charge in [-0.2, -0.15) is 10.1 Å². The van der Waals surface area contributed by atoms with E-state index in [1.807, 2.05) is 31.2 Å². The molecule has 0 spiro atoms. The molecule has 0 saturated carbocycles. The molecule has 0 aliphatic carbocycles. The van der Waals surface area contributed by atoms with Crippen LogP contribution >= 0.6 is 11.6 Å². The lowest BCUT2D eigenvalue weighted by Crippen LogP contribution is -2.54. The van der Waals surface area contributed by atoms with E-state index in [0.717, 1.165) is 16.6 Å². The fourth-order valence-corrected chi connectivity index (χ4v) is 5.33. The quantitative estimate of drug-likeness (QED) is 0.247. The summed E-state index contributed by atoms with van der Waals surface area (Å²) in [4.78, 5) is 21.6. The van der Waals surface area contributed by atoms with Gasteiger partial charge in [-0.1, -0.05) is 30.3 Å². The van der Waals surface area contributed by atoms with E-state index in [1.165, 1.54) is 0 Å². The number of hydrazone groups is 1. The Bertz CT molecular complexity index is 1150. The van der Waals surface area contributed by atoms with Crippen molar-refractivity contribution in [1.82, 2.24) is 19.4 Å². The van der Waals surface area contributed by atoms with E-state index in [2.05, 4.69) is 26.1 Å². The molecule has 1 aromatic carbocycles. The zero-order valence-electron chi connectivity index (χ0n) is 20.7. The van der Waals surface area contributed by atoms with E-state index < -0.39 is 11.6 Å². The largest absolute Gasteiger partial charge is 0.465 e. The van der Waals surface area contributed by atoms with E-state index in [-0.39, 0.29) is 18.9 Å². The number of carbonyl (C=O) groups is 1. The van der Waals surface area contributed by atoms with Gasteiger partial charge in [-0.25, -0.2) is 4.39 Å². The van der Waals surface area contributed by atoms with Crippen molar-refractivity contribution in [2.75, 3.05) is 39.3 Å². The van der Waals surface area contributed by atoms with Crippen LogP contribution in [0.5, 0.6) is 6.01 Å². The minimum absolute atomic E-state index is 0.110. The van der Waals surface area contributed by atoms with Crippen LogP contribution in [0.4, 0.5) is 4.39 Å². The lowest BCUT2D eigenvalue weighted by atomic mass is 9.90. The van der Waals surface area contributed by atoms with Crippen LogP contribution in [0.25, 0.3) is 11.0 Å². The maximum absolute atomic E-state index is 15.8. The van der Waals surface area contributed by atoms with Crippen LogP contribution in [0.3, 0.4) is 0 Å². The Kier molecular flexibility index (Phi) is 8.31. The molecule has 194 valence electrons. The van der Waals surface area contributed by atoms with Crippen molar-refractivity contribution in [1.29, 1.82) is 0 Å². The molecular formula is C26H34ClFN6O2. The van der Waals surface area contributed by atoms with Crippen molar-refractivity contribution >= 4 is 34.8 Å². The molecule has 1 amide bonds. The second kappa shape index (κ2) is 11.4. The Morgan fingerprint density at radius 1 is 1.33 bits per heavy atom. The number of rotatable bonds is 8. The predicted octanol–water partition coefficient (Wildman–Crippen LogP) is 4.11. The standard InChI is InChI=1S/C26H34ClFN6O2/c1-3-5-19(17-30-29)18-32-14-10-26(28,11-15-32)24(35)33-12-8-21(9-13-33)34-23-7-6-20(27)16-22(23)31-25(34)36-4-2/h3,5-7,16-17,21H,1,4,8-15,18,29H2,2H3/b19-5+,30-17-. The van der Waals surface area contributed by atoms with Gasteiger partial charge in [0.1, 0.15) is 0 Å². The summed E-state index contributed by atoms with van der Waals surface area (Å²) < 4.78 is 23.7. The number of fused-ring (bicyclic) bond motifs is 1. The molecule has 3 heterocycles. The second-order valence-corrected chi connectivity index (χ2v) is 9.79. The summed E-state index contributed by atoms with van der Waals surface area (Å²) in [5.74, 6) is 4.89. The topological polar surface area (TPSA) is 89.0 Å². The van der Waals surface area contributed by atoms with Crippen LogP contribution in [0.2, 0.25) is 5.02 Å². The van der Waals surface area contributed by atoms with Gasteiger partial charge in [0.2, 0.25) is 0 Å². The van der Waals surface area contributed by atoms with Gasteiger partial charge in [-0.05, 0) is 43.5 Å². The van der Waals surface area contributed by atoms with Gasteiger partial charge in [-0.3, -0.25) is 14.3 Å². The highest BCUT2D eigenvalue weighted by molar-refractivity contribution is 6.31. The molecule has 2 fully saturated rings. The highest BCUT2D eigenvalue weighted by Gasteiger charge is 2.45. The number of amides is 1. The van der Waals surface area contributed by atoms with Crippen molar-refractivity contribution in [3.8, 4) is 6.01 Å². The smallest absolute Gasteiger partial charge is 0.297 e. The predicted molar refractivity (Wildman–Crippen MR) is 141 cm³/mol. The molecular weight excluding hydrogens is 483 g/mol. The van der Waals surface area contributed by atoms with Crippen molar-refractivity contribution in [2.24, 2.45) is 10.9 Å². The molecule has 10 heteroatoms. The number of alkyl halides is 1. The summed E-state index contributed by atoms with van der Waals surface area (Å²) in [5.41, 5.74) is 0.796. The molecule has 8 nitrogen and oxygen atoms in total. The Labute approximate surface area is 216 Å². The van der Waals surface area contributed by atoms with Gasteiger partial charge < -0.3 is 15.5 Å². The number of halogens is 2. The number of nitrogens with zero attached hydrogens (tertiary/aromatic N) is 5. The molecule has 2 aliphatic rings. The molecule has 2 aliphatic heterocycles. The van der Waals surface area contributed by atoms with Crippen LogP contribution < -0.4 is 10.6 Å². The molecule has 2 saturated heterocycles. The Morgan fingerprint density at radius 3 is 2.69 bits per heavy atom. The Balaban J connectivity index is 1.38. The van der Waals surface area contributed by atoms with Crippen molar-refractivity contribution in [2.45, 2.75) is 44.3 Å². The Morgan fingerprint density at radius 2 is 2.06 bits per heavy atom. The fourth-order valence-electron chi connectivity index (χ4n) is 5.17. The summed E-state index contributed by atoms with van der Waals surface area (Å²) >= 11 is 6.16. The molecule has 0 bridgehead atoms. The minimum atomic E-state index is -1.83. The zero-order chi connectivity index (χ0) is 25.7. The molecule has 36 heavy (non-hydrogen) atoms. The van der Waals surface area contributed by atoms with Gasteiger partial charge >= 0.3 is 0 Å². The second-order valence-electron chi connectivity index (χ2n) is 9.35. The molecule has 4 rings (SSSR count). The molecule has 1 aromatic heterocycles. The number of nitrogens with two attached hydrogens (primary N) is 1. The van der Waals surface area contributed by atoms with Crippen molar-refractivity contribution in [3.63, 3.8) is 0 Å². The van der Waals surface area contributed by atoms with Crippen molar-refractivity contribution in [3.05, 3.63) is 47.5 Å². The average Bonchev–Trinajstić information content (AvgIpc) is 3.22. The first-order chi connectivity index (χ1) is 17.4.